The monoisotopic (exact) mass is 562 g/mol. The molecule has 2 aliphatic rings. The molecule has 2 aromatic heterocycles. The molecule has 2 saturated heterocycles. The maximum Gasteiger partial charge on any atom is 0.314 e. The first-order valence-corrected chi connectivity index (χ1v) is 12.9. The number of pyridine rings is 1. The van der Waals surface area contributed by atoms with Gasteiger partial charge in [-0.1, -0.05) is 12.1 Å². The summed E-state index contributed by atoms with van der Waals surface area (Å²) in [6.45, 7) is 12.5. The lowest BCUT2D eigenvalue weighted by atomic mass is 10.1. The van der Waals surface area contributed by atoms with Crippen molar-refractivity contribution in [2.24, 2.45) is 0 Å². The van der Waals surface area contributed by atoms with E-state index in [4.69, 9.17) is 19.1 Å². The molecule has 12 heteroatoms. The Morgan fingerprint density at radius 3 is 2.40 bits per heavy atom. The second kappa shape index (κ2) is 16.7. The van der Waals surface area contributed by atoms with Crippen LogP contribution in [0.4, 0.5) is 14.5 Å². The normalized spacial score (nSPS) is 17.4. The van der Waals surface area contributed by atoms with Gasteiger partial charge in [0.15, 0.2) is 0 Å². The summed E-state index contributed by atoms with van der Waals surface area (Å²) >= 11 is 0. The number of carbonyl (C=O) groups excluding carboxylic acids is 1. The van der Waals surface area contributed by atoms with Crippen molar-refractivity contribution in [2.45, 2.75) is 38.9 Å². The fourth-order valence-corrected chi connectivity index (χ4v) is 4.39. The number of benzene rings is 1. The van der Waals surface area contributed by atoms with E-state index in [1.807, 2.05) is 45.0 Å². The zero-order valence-corrected chi connectivity index (χ0v) is 23.8. The van der Waals surface area contributed by atoms with E-state index in [9.17, 15) is 8.78 Å². The number of rotatable bonds is 6. The Hall–Kier alpha value is -3.32. The molecule has 2 fully saturated rings. The summed E-state index contributed by atoms with van der Waals surface area (Å²) in [7, 11) is 5.18. The average molecular weight is 563 g/mol. The highest BCUT2D eigenvalue weighted by atomic mass is 19.3. The number of carbonyl (C=O) groups is 1. The number of anilines is 1. The number of hydrogen-bond acceptors (Lipinski definition) is 10. The predicted octanol–water partition coefficient (Wildman–Crippen LogP) is 3.46. The first-order valence-electron chi connectivity index (χ1n) is 12.9. The molecule has 10 nitrogen and oxygen atoms in total. The molecule has 40 heavy (non-hydrogen) atoms. The first kappa shape index (κ1) is 32.9. The molecule has 1 aromatic carbocycles. The van der Waals surface area contributed by atoms with Crippen LogP contribution in [0.1, 0.15) is 30.5 Å². The number of likely N-dealkylation sites (N-methyl/N-ethyl adjacent to an activating group) is 1. The number of halogens is 2. The molecule has 0 spiro atoms. The van der Waals surface area contributed by atoms with Gasteiger partial charge in [0.25, 0.3) is 5.89 Å². The molecule has 1 atom stereocenters. The molecule has 220 valence electrons. The maximum absolute atomic E-state index is 12.5. The summed E-state index contributed by atoms with van der Waals surface area (Å²) in [6.07, 6.45) is -1.23. The van der Waals surface area contributed by atoms with E-state index in [-0.39, 0.29) is 5.89 Å². The predicted molar refractivity (Wildman–Crippen MR) is 149 cm³/mol. The van der Waals surface area contributed by atoms with E-state index in [1.165, 1.54) is 25.2 Å². The highest BCUT2D eigenvalue weighted by molar-refractivity contribution is 5.51. The summed E-state index contributed by atoms with van der Waals surface area (Å²) in [4.78, 5) is 19.4. The molecule has 0 radical (unpaired) electrons. The van der Waals surface area contributed by atoms with Crippen molar-refractivity contribution < 1.29 is 27.8 Å². The fraction of sp³-hybridized carbons (Fsp3) is 0.500. The Balaban J connectivity index is 0.000000293. The Morgan fingerprint density at radius 2 is 1.88 bits per heavy atom. The van der Waals surface area contributed by atoms with Crippen molar-refractivity contribution in [3.05, 3.63) is 59.7 Å². The molecule has 0 aliphatic carbocycles. The minimum atomic E-state index is -2.78. The van der Waals surface area contributed by atoms with Gasteiger partial charge in [-0.05, 0) is 50.7 Å². The van der Waals surface area contributed by atoms with Gasteiger partial charge in [-0.25, -0.2) is 0 Å². The van der Waals surface area contributed by atoms with Crippen LogP contribution in [0.2, 0.25) is 0 Å². The molecular formula is C28H40F2N6O4. The van der Waals surface area contributed by atoms with Crippen LogP contribution in [0.5, 0.6) is 0 Å². The number of hydrogen-bond donors (Lipinski definition) is 1. The number of aliphatic hydroxyl groups is 1. The second-order valence-corrected chi connectivity index (χ2v) is 9.52. The molecule has 5 rings (SSSR count). The molecule has 4 heterocycles. The number of aryl methyl sites for hydroxylation is 1. The van der Waals surface area contributed by atoms with Crippen molar-refractivity contribution in [2.75, 3.05) is 59.0 Å². The van der Waals surface area contributed by atoms with Gasteiger partial charge < -0.3 is 28.9 Å². The number of alkyl halides is 2. The van der Waals surface area contributed by atoms with E-state index in [0.29, 0.717) is 24.2 Å². The third kappa shape index (κ3) is 9.40. The van der Waals surface area contributed by atoms with Crippen LogP contribution < -0.4 is 4.90 Å². The SMILES string of the molecule is C=O.CC1CN(C)CCN1C1COC1.CO.Cc1cccc(N(C)Cc2ccc(-c3nnc(C(F)F)o3)cn2)c1. The number of aliphatic hydroxyl groups excluding tert-OH is 1. The van der Waals surface area contributed by atoms with Crippen LogP contribution in [0.15, 0.2) is 47.0 Å². The lowest BCUT2D eigenvalue weighted by Crippen LogP contribution is -2.59. The van der Waals surface area contributed by atoms with Crippen molar-refractivity contribution in [1.82, 2.24) is 25.0 Å². The van der Waals surface area contributed by atoms with Crippen LogP contribution >= 0.6 is 0 Å². The molecule has 0 bridgehead atoms. The minimum Gasteiger partial charge on any atom is -0.415 e. The van der Waals surface area contributed by atoms with Gasteiger partial charge in [-0.3, -0.25) is 9.88 Å². The van der Waals surface area contributed by atoms with Gasteiger partial charge >= 0.3 is 6.43 Å². The van der Waals surface area contributed by atoms with E-state index < -0.39 is 12.3 Å². The van der Waals surface area contributed by atoms with E-state index >= 15 is 0 Å². The van der Waals surface area contributed by atoms with Gasteiger partial charge in [0.1, 0.15) is 6.79 Å². The summed E-state index contributed by atoms with van der Waals surface area (Å²) in [6, 6.07) is 13.1. The van der Waals surface area contributed by atoms with Crippen LogP contribution in [0, 0.1) is 6.92 Å². The summed E-state index contributed by atoms with van der Waals surface area (Å²) in [5, 5.41) is 13.9. The minimum absolute atomic E-state index is 0.0383. The fourth-order valence-electron chi connectivity index (χ4n) is 4.39. The number of piperazine rings is 1. The number of nitrogens with zero attached hydrogens (tertiary/aromatic N) is 6. The van der Waals surface area contributed by atoms with Gasteiger partial charge in [0, 0.05) is 51.7 Å². The topological polar surface area (TPSA) is 108 Å². The highest BCUT2D eigenvalue weighted by Crippen LogP contribution is 2.23. The van der Waals surface area contributed by atoms with Crippen molar-refractivity contribution in [1.29, 1.82) is 0 Å². The summed E-state index contributed by atoms with van der Waals surface area (Å²) in [5.41, 5.74) is 3.64. The Bertz CT molecular complexity index is 1130. The number of aromatic nitrogens is 3. The van der Waals surface area contributed by atoms with Crippen molar-refractivity contribution in [3.63, 3.8) is 0 Å². The first-order chi connectivity index (χ1) is 19.3. The van der Waals surface area contributed by atoms with E-state index in [1.54, 1.807) is 12.3 Å². The lowest BCUT2D eigenvalue weighted by molar-refractivity contribution is -0.0980. The van der Waals surface area contributed by atoms with Gasteiger partial charge in [-0.2, -0.15) is 8.78 Å². The molecule has 2 aliphatic heterocycles. The largest absolute Gasteiger partial charge is 0.415 e. The third-order valence-corrected chi connectivity index (χ3v) is 6.51. The van der Waals surface area contributed by atoms with E-state index in [2.05, 4.69) is 49.9 Å². The van der Waals surface area contributed by atoms with Crippen LogP contribution in [-0.4, -0.2) is 103 Å². The van der Waals surface area contributed by atoms with E-state index in [0.717, 1.165) is 31.7 Å². The van der Waals surface area contributed by atoms with Crippen molar-refractivity contribution in [3.8, 4) is 11.5 Å². The van der Waals surface area contributed by atoms with Crippen LogP contribution in [0.3, 0.4) is 0 Å². The van der Waals surface area contributed by atoms with Crippen LogP contribution in [-0.2, 0) is 16.1 Å². The molecule has 1 N–H and O–H groups in total. The zero-order valence-electron chi connectivity index (χ0n) is 23.8. The smallest absolute Gasteiger partial charge is 0.314 e. The molecule has 0 amide bonds. The maximum atomic E-state index is 12.5. The van der Waals surface area contributed by atoms with Crippen molar-refractivity contribution >= 4 is 12.5 Å². The standard InChI is InChI=1S/C17H16F2N4O.C9H18N2O.CH4O.CH2O/c1-11-4-3-5-14(8-11)23(2)10-13-7-6-12(9-20-13)16-21-22-17(24-16)15(18)19;1-8-5-10(2)3-4-11(8)9-6-12-7-9;2*1-2/h3-9,15H,10H2,1-2H3;8-9H,3-7H2,1-2H3;2H,1H3;1H2. The molecular weight excluding hydrogens is 522 g/mol. The quantitative estimate of drug-likeness (QED) is 0.480. The average Bonchev–Trinajstić information content (AvgIpc) is 3.43. The Morgan fingerprint density at radius 1 is 1.15 bits per heavy atom. The zero-order chi connectivity index (χ0) is 29.7. The summed E-state index contributed by atoms with van der Waals surface area (Å²) in [5.74, 6) is -0.648. The number of ether oxygens (including phenoxy) is 1. The molecule has 1 unspecified atom stereocenters. The van der Waals surface area contributed by atoms with Crippen LogP contribution in [0.25, 0.3) is 11.5 Å². The van der Waals surface area contributed by atoms with Gasteiger partial charge in [0.2, 0.25) is 5.89 Å². The summed E-state index contributed by atoms with van der Waals surface area (Å²) < 4.78 is 35.1. The highest BCUT2D eigenvalue weighted by Gasteiger charge is 2.32. The lowest BCUT2D eigenvalue weighted by Gasteiger charge is -2.45. The second-order valence-electron chi connectivity index (χ2n) is 9.52. The Labute approximate surface area is 234 Å². The molecule has 0 saturated carbocycles. The Kier molecular flexibility index (Phi) is 13.7. The van der Waals surface area contributed by atoms with Gasteiger partial charge in [0.05, 0.1) is 37.1 Å². The molecule has 3 aromatic rings. The van der Waals surface area contributed by atoms with Gasteiger partial charge in [-0.15, -0.1) is 10.2 Å². The third-order valence-electron chi connectivity index (χ3n) is 6.51.